The molecule has 0 radical (unpaired) electrons. The summed E-state index contributed by atoms with van der Waals surface area (Å²) in [6, 6.07) is 11.5. The van der Waals surface area contributed by atoms with Crippen LogP contribution >= 0.6 is 15.9 Å². The van der Waals surface area contributed by atoms with E-state index < -0.39 is 0 Å². The maximum Gasteiger partial charge on any atom is 0.247 e. The molecule has 2 N–H and O–H groups in total. The van der Waals surface area contributed by atoms with Gasteiger partial charge in [0.05, 0.1) is 5.52 Å². The average Bonchev–Trinajstić information content (AvgIpc) is 2.57. The van der Waals surface area contributed by atoms with E-state index in [0.29, 0.717) is 11.5 Å². The molecule has 0 saturated carbocycles. The van der Waals surface area contributed by atoms with Gasteiger partial charge in [0, 0.05) is 21.2 Å². The Labute approximate surface area is 148 Å². The highest BCUT2D eigenvalue weighted by Crippen LogP contribution is 2.28. The molecule has 0 saturated heterocycles. The summed E-state index contributed by atoms with van der Waals surface area (Å²) in [6.07, 6.45) is 2.75. The molecule has 2 aromatic carbocycles. The Bertz CT molecular complexity index is 939. The van der Waals surface area contributed by atoms with Crippen LogP contribution in [0.2, 0.25) is 0 Å². The zero-order valence-electron chi connectivity index (χ0n) is 13.0. The minimum Gasteiger partial charge on any atom is -0.339 e. The molecule has 0 fully saturated rings. The molecule has 120 valence electrons. The summed E-state index contributed by atoms with van der Waals surface area (Å²) in [7, 11) is 0. The second-order valence-electron chi connectivity index (χ2n) is 5.23. The number of amides is 1. The van der Waals surface area contributed by atoms with Crippen LogP contribution in [0.4, 0.5) is 17.2 Å². The second-order valence-corrected chi connectivity index (χ2v) is 6.15. The number of benzene rings is 2. The van der Waals surface area contributed by atoms with Crippen LogP contribution in [0.25, 0.3) is 10.9 Å². The van der Waals surface area contributed by atoms with Crippen LogP contribution in [-0.2, 0) is 4.79 Å². The molecule has 5 nitrogen and oxygen atoms in total. The third-order valence-electron chi connectivity index (χ3n) is 3.53. The lowest BCUT2D eigenvalue weighted by molar-refractivity contribution is -0.111. The van der Waals surface area contributed by atoms with Crippen molar-refractivity contribution in [1.82, 2.24) is 9.97 Å². The highest BCUT2D eigenvalue weighted by atomic mass is 79.9. The third-order valence-corrected chi connectivity index (χ3v) is 4.02. The average molecular weight is 383 g/mol. The third kappa shape index (κ3) is 3.44. The van der Waals surface area contributed by atoms with E-state index in [0.717, 1.165) is 26.6 Å². The highest BCUT2D eigenvalue weighted by molar-refractivity contribution is 9.10. The molecule has 0 unspecified atom stereocenters. The van der Waals surface area contributed by atoms with Gasteiger partial charge in [0.25, 0.3) is 0 Å². The van der Waals surface area contributed by atoms with Gasteiger partial charge in [0.1, 0.15) is 12.1 Å². The van der Waals surface area contributed by atoms with Gasteiger partial charge in [-0.2, -0.15) is 0 Å². The lowest BCUT2D eigenvalue weighted by Crippen LogP contribution is -2.07. The Hall–Kier alpha value is -2.73. The molecule has 0 aliphatic carbocycles. The number of hydrogen-bond donors (Lipinski definition) is 2. The van der Waals surface area contributed by atoms with E-state index in [2.05, 4.69) is 43.1 Å². The molecule has 3 rings (SSSR count). The van der Waals surface area contributed by atoms with Gasteiger partial charge in [0.2, 0.25) is 5.91 Å². The van der Waals surface area contributed by atoms with Crippen molar-refractivity contribution in [3.63, 3.8) is 0 Å². The molecule has 0 spiro atoms. The van der Waals surface area contributed by atoms with E-state index in [4.69, 9.17) is 0 Å². The normalized spacial score (nSPS) is 10.4. The number of nitrogens with one attached hydrogen (secondary N) is 2. The van der Waals surface area contributed by atoms with E-state index in [1.165, 1.54) is 12.4 Å². The largest absolute Gasteiger partial charge is 0.339 e. The summed E-state index contributed by atoms with van der Waals surface area (Å²) in [4.78, 5) is 20.1. The predicted molar refractivity (Wildman–Crippen MR) is 101 cm³/mol. The van der Waals surface area contributed by atoms with Gasteiger partial charge >= 0.3 is 0 Å². The molecule has 0 aliphatic heterocycles. The number of carbonyl (C=O) groups is 1. The van der Waals surface area contributed by atoms with Gasteiger partial charge < -0.3 is 10.6 Å². The van der Waals surface area contributed by atoms with Crippen molar-refractivity contribution in [1.29, 1.82) is 0 Å². The lowest BCUT2D eigenvalue weighted by atomic mass is 10.1. The molecule has 3 aromatic rings. The number of halogens is 1. The van der Waals surface area contributed by atoms with E-state index in [1.54, 1.807) is 6.07 Å². The molecule has 0 aliphatic rings. The van der Waals surface area contributed by atoms with Gasteiger partial charge in [-0.05, 0) is 55.0 Å². The van der Waals surface area contributed by atoms with Gasteiger partial charge in [-0.1, -0.05) is 22.5 Å². The molecular formula is C18H15BrN4O. The van der Waals surface area contributed by atoms with Gasteiger partial charge in [-0.25, -0.2) is 9.97 Å². The van der Waals surface area contributed by atoms with Crippen LogP contribution < -0.4 is 10.6 Å². The fourth-order valence-electron chi connectivity index (χ4n) is 2.32. The maximum absolute atomic E-state index is 11.5. The van der Waals surface area contributed by atoms with Gasteiger partial charge in [0.15, 0.2) is 0 Å². The van der Waals surface area contributed by atoms with E-state index >= 15 is 0 Å². The highest BCUT2D eigenvalue weighted by Gasteiger charge is 2.08. The van der Waals surface area contributed by atoms with Gasteiger partial charge in [-0.15, -0.1) is 0 Å². The lowest BCUT2D eigenvalue weighted by Gasteiger charge is -2.12. The van der Waals surface area contributed by atoms with Crippen molar-refractivity contribution < 1.29 is 4.79 Å². The summed E-state index contributed by atoms with van der Waals surface area (Å²) in [6.45, 7) is 5.48. The number of carbonyl (C=O) groups excluding carboxylic acids is 1. The number of hydrogen-bond acceptors (Lipinski definition) is 4. The van der Waals surface area contributed by atoms with Crippen molar-refractivity contribution in [3.8, 4) is 0 Å². The summed E-state index contributed by atoms with van der Waals surface area (Å²) < 4.78 is 1.02. The minimum absolute atomic E-state index is 0.260. The van der Waals surface area contributed by atoms with E-state index in [1.807, 2.05) is 37.3 Å². The number of fused-ring (bicyclic) bond motifs is 1. The minimum atomic E-state index is -0.260. The van der Waals surface area contributed by atoms with Crippen molar-refractivity contribution >= 4 is 49.9 Å². The first-order valence-electron chi connectivity index (χ1n) is 7.28. The first kappa shape index (κ1) is 16.1. The van der Waals surface area contributed by atoms with Crippen LogP contribution in [-0.4, -0.2) is 15.9 Å². The summed E-state index contributed by atoms with van der Waals surface area (Å²) >= 11 is 3.46. The van der Waals surface area contributed by atoms with Crippen molar-refractivity contribution in [2.45, 2.75) is 6.92 Å². The van der Waals surface area contributed by atoms with Crippen molar-refractivity contribution in [2.24, 2.45) is 0 Å². The molecule has 1 aromatic heterocycles. The summed E-state index contributed by atoms with van der Waals surface area (Å²) in [5, 5.41) is 6.90. The number of anilines is 3. The van der Waals surface area contributed by atoms with Crippen LogP contribution in [0.1, 0.15) is 5.56 Å². The second kappa shape index (κ2) is 6.80. The van der Waals surface area contributed by atoms with Crippen molar-refractivity contribution in [2.75, 3.05) is 10.6 Å². The first-order chi connectivity index (χ1) is 11.6. The zero-order valence-corrected chi connectivity index (χ0v) is 14.6. The SMILES string of the molecule is C=CC(=O)Nc1ccc2ncnc(Nc3ccc(Br)cc3C)c2c1. The van der Waals surface area contributed by atoms with Crippen LogP contribution in [0.3, 0.4) is 0 Å². The molecule has 6 heteroatoms. The van der Waals surface area contributed by atoms with Crippen LogP contribution in [0.5, 0.6) is 0 Å². The maximum atomic E-state index is 11.5. The Morgan fingerprint density at radius 2 is 2.04 bits per heavy atom. The topological polar surface area (TPSA) is 66.9 Å². The predicted octanol–water partition coefficient (Wildman–Crippen LogP) is 4.57. The fraction of sp³-hybridized carbons (Fsp3) is 0.0556. The molecule has 0 atom stereocenters. The molecule has 1 amide bonds. The molecule has 0 bridgehead atoms. The number of aryl methyl sites for hydroxylation is 1. The van der Waals surface area contributed by atoms with Crippen molar-refractivity contribution in [3.05, 3.63) is 65.4 Å². The van der Waals surface area contributed by atoms with Crippen LogP contribution in [0, 0.1) is 6.92 Å². The standard InChI is InChI=1S/C18H15BrN4O/c1-3-17(24)22-13-5-7-16-14(9-13)18(21-10-20-16)23-15-6-4-12(19)8-11(15)2/h3-10H,1H2,2H3,(H,22,24)(H,20,21,23). The number of aromatic nitrogens is 2. The van der Waals surface area contributed by atoms with Crippen LogP contribution in [0.15, 0.2) is 59.9 Å². The molecule has 24 heavy (non-hydrogen) atoms. The monoisotopic (exact) mass is 382 g/mol. The first-order valence-corrected chi connectivity index (χ1v) is 8.07. The fourth-order valence-corrected chi connectivity index (χ4v) is 2.80. The smallest absolute Gasteiger partial charge is 0.247 e. The Kier molecular flexibility index (Phi) is 4.57. The Morgan fingerprint density at radius 3 is 2.79 bits per heavy atom. The molecule has 1 heterocycles. The zero-order chi connectivity index (χ0) is 17.1. The van der Waals surface area contributed by atoms with E-state index in [-0.39, 0.29) is 5.91 Å². The Balaban J connectivity index is 2.01. The van der Waals surface area contributed by atoms with Gasteiger partial charge in [-0.3, -0.25) is 4.79 Å². The Morgan fingerprint density at radius 1 is 1.21 bits per heavy atom. The molecular weight excluding hydrogens is 368 g/mol. The summed E-state index contributed by atoms with van der Waals surface area (Å²) in [5.74, 6) is 0.421. The van der Waals surface area contributed by atoms with E-state index in [9.17, 15) is 4.79 Å². The number of rotatable bonds is 4. The number of nitrogens with zero attached hydrogens (tertiary/aromatic N) is 2. The summed E-state index contributed by atoms with van der Waals surface area (Å²) in [5.41, 5.74) is 3.50. The quantitative estimate of drug-likeness (QED) is 0.648.